The zero-order chi connectivity index (χ0) is 19.0. The van der Waals surface area contributed by atoms with Gasteiger partial charge in [0.05, 0.1) is 0 Å². The summed E-state index contributed by atoms with van der Waals surface area (Å²) in [5, 5.41) is 5.54. The normalized spacial score (nSPS) is 11.3. The van der Waals surface area contributed by atoms with Crippen molar-refractivity contribution in [1.29, 1.82) is 0 Å². The summed E-state index contributed by atoms with van der Waals surface area (Å²) in [6.07, 6.45) is 0.500. The number of aryl methyl sites for hydroxylation is 1. The topological polar surface area (TPSA) is 67.4 Å². The second kappa shape index (κ2) is 9.44. The highest BCUT2D eigenvalue weighted by Gasteiger charge is 2.19. The van der Waals surface area contributed by atoms with Crippen LogP contribution >= 0.6 is 0 Å². The third-order valence-electron chi connectivity index (χ3n) is 3.66. The summed E-state index contributed by atoms with van der Waals surface area (Å²) in [5.41, 5.74) is 2.19. The van der Waals surface area contributed by atoms with Crippen molar-refractivity contribution < 1.29 is 14.3 Å². The third kappa shape index (κ3) is 8.05. The van der Waals surface area contributed by atoms with Crippen molar-refractivity contribution in [3.05, 3.63) is 29.3 Å². The summed E-state index contributed by atoms with van der Waals surface area (Å²) in [4.78, 5) is 23.4. The van der Waals surface area contributed by atoms with Gasteiger partial charge in [0.25, 0.3) is 5.91 Å². The average molecular weight is 348 g/mol. The van der Waals surface area contributed by atoms with Gasteiger partial charge < -0.3 is 15.4 Å². The Balaban J connectivity index is 2.41. The summed E-state index contributed by atoms with van der Waals surface area (Å²) in [6.45, 7) is 13.2. The van der Waals surface area contributed by atoms with Crippen molar-refractivity contribution in [3.8, 4) is 5.75 Å². The minimum Gasteiger partial charge on any atom is -0.483 e. The monoisotopic (exact) mass is 348 g/mol. The van der Waals surface area contributed by atoms with Gasteiger partial charge in [0.2, 0.25) is 5.91 Å². The van der Waals surface area contributed by atoms with E-state index in [-0.39, 0.29) is 23.8 Å². The molecule has 0 aliphatic rings. The molecule has 1 aromatic carbocycles. The molecule has 0 atom stereocenters. The Hall–Kier alpha value is -2.04. The van der Waals surface area contributed by atoms with Gasteiger partial charge in [-0.25, -0.2) is 0 Å². The zero-order valence-corrected chi connectivity index (χ0v) is 16.4. The first-order valence-corrected chi connectivity index (χ1v) is 8.87. The van der Waals surface area contributed by atoms with Gasteiger partial charge in [0, 0.05) is 19.5 Å². The van der Waals surface area contributed by atoms with Crippen molar-refractivity contribution in [3.63, 3.8) is 0 Å². The van der Waals surface area contributed by atoms with Crippen molar-refractivity contribution >= 4 is 11.8 Å². The van der Waals surface area contributed by atoms with E-state index in [4.69, 9.17) is 4.74 Å². The van der Waals surface area contributed by atoms with Crippen molar-refractivity contribution in [2.45, 2.75) is 53.4 Å². The van der Waals surface area contributed by atoms with Crippen LogP contribution in [0.5, 0.6) is 5.75 Å². The van der Waals surface area contributed by atoms with Crippen LogP contribution in [0.1, 0.15) is 52.2 Å². The first-order valence-electron chi connectivity index (χ1n) is 8.87. The van der Waals surface area contributed by atoms with E-state index in [1.807, 2.05) is 32.9 Å². The predicted octanol–water partition coefficient (Wildman–Crippen LogP) is 2.95. The molecular weight excluding hydrogens is 316 g/mol. The van der Waals surface area contributed by atoms with Crippen LogP contribution < -0.4 is 15.4 Å². The lowest BCUT2D eigenvalue weighted by Crippen LogP contribution is -2.37. The number of carbonyl (C=O) groups is 2. The maximum Gasteiger partial charge on any atom is 0.258 e. The summed E-state index contributed by atoms with van der Waals surface area (Å²) in [6, 6.07) is 5.99. The smallest absolute Gasteiger partial charge is 0.258 e. The van der Waals surface area contributed by atoms with Gasteiger partial charge in [-0.2, -0.15) is 0 Å². The first-order chi connectivity index (χ1) is 11.6. The van der Waals surface area contributed by atoms with Gasteiger partial charge in [-0.05, 0) is 29.9 Å². The fourth-order valence-corrected chi connectivity index (χ4v) is 2.40. The SMILES string of the molecule is Cc1ccc(OCC(=O)NCCNC(=O)CC(C)C)c(C(C)(C)C)c1. The maximum atomic E-state index is 11.9. The minimum atomic E-state index is -0.196. The molecule has 0 bridgehead atoms. The highest BCUT2D eigenvalue weighted by Crippen LogP contribution is 2.32. The summed E-state index contributed by atoms with van der Waals surface area (Å²) in [7, 11) is 0. The number of amides is 2. The molecule has 0 unspecified atom stereocenters. The molecule has 0 fully saturated rings. The number of benzene rings is 1. The number of rotatable bonds is 8. The van der Waals surface area contributed by atoms with E-state index >= 15 is 0 Å². The second-order valence-electron chi connectivity index (χ2n) is 7.84. The molecular formula is C20H32N2O3. The maximum absolute atomic E-state index is 11.9. The molecule has 0 radical (unpaired) electrons. The van der Waals surface area contributed by atoms with Gasteiger partial charge in [-0.15, -0.1) is 0 Å². The first kappa shape index (κ1) is 21.0. The lowest BCUT2D eigenvalue weighted by molar-refractivity contribution is -0.124. The lowest BCUT2D eigenvalue weighted by Gasteiger charge is -2.23. The van der Waals surface area contributed by atoms with E-state index in [0.29, 0.717) is 25.4 Å². The molecule has 0 spiro atoms. The molecule has 5 nitrogen and oxygen atoms in total. The molecule has 2 N–H and O–H groups in total. The van der Waals surface area contributed by atoms with Crippen LogP contribution in [0.3, 0.4) is 0 Å². The highest BCUT2D eigenvalue weighted by atomic mass is 16.5. The Morgan fingerprint density at radius 2 is 1.68 bits per heavy atom. The fraction of sp³-hybridized carbons (Fsp3) is 0.600. The quantitative estimate of drug-likeness (QED) is 0.710. The number of ether oxygens (including phenoxy) is 1. The summed E-state index contributed by atoms with van der Waals surface area (Å²) >= 11 is 0. The molecule has 0 aliphatic heterocycles. The molecule has 1 rings (SSSR count). The molecule has 25 heavy (non-hydrogen) atoms. The highest BCUT2D eigenvalue weighted by molar-refractivity contribution is 5.78. The summed E-state index contributed by atoms with van der Waals surface area (Å²) in [5.74, 6) is 0.876. The van der Waals surface area contributed by atoms with Crippen molar-refractivity contribution in [2.75, 3.05) is 19.7 Å². The number of hydrogen-bond acceptors (Lipinski definition) is 3. The van der Waals surface area contributed by atoms with Crippen molar-refractivity contribution in [1.82, 2.24) is 10.6 Å². The largest absolute Gasteiger partial charge is 0.483 e. The molecule has 1 aromatic rings. The van der Waals surface area contributed by atoms with Gasteiger partial charge in [0.15, 0.2) is 6.61 Å². The van der Waals surface area contributed by atoms with E-state index in [9.17, 15) is 9.59 Å². The van der Waals surface area contributed by atoms with E-state index in [0.717, 1.165) is 11.3 Å². The van der Waals surface area contributed by atoms with Gasteiger partial charge in [-0.3, -0.25) is 9.59 Å². The van der Waals surface area contributed by atoms with E-state index in [1.165, 1.54) is 5.56 Å². The minimum absolute atomic E-state index is 0.00923. The van der Waals surface area contributed by atoms with Crippen LogP contribution in [0, 0.1) is 12.8 Å². The third-order valence-corrected chi connectivity index (χ3v) is 3.66. The van der Waals surface area contributed by atoms with Crippen LogP contribution in [0.15, 0.2) is 18.2 Å². The molecule has 5 heteroatoms. The standard InChI is InChI=1S/C20H32N2O3/c1-14(2)11-18(23)21-9-10-22-19(24)13-25-17-8-7-15(3)12-16(17)20(4,5)6/h7-8,12,14H,9-11,13H2,1-6H3,(H,21,23)(H,22,24). The average Bonchev–Trinajstić information content (AvgIpc) is 2.48. The molecule has 0 aliphatic carbocycles. The fourth-order valence-electron chi connectivity index (χ4n) is 2.40. The lowest BCUT2D eigenvalue weighted by atomic mass is 9.85. The Kier molecular flexibility index (Phi) is 7.94. The van der Waals surface area contributed by atoms with Crippen LogP contribution in [-0.4, -0.2) is 31.5 Å². The van der Waals surface area contributed by atoms with Crippen molar-refractivity contribution in [2.24, 2.45) is 5.92 Å². The Morgan fingerprint density at radius 3 is 2.24 bits per heavy atom. The Bertz CT molecular complexity index is 589. The zero-order valence-electron chi connectivity index (χ0n) is 16.4. The molecule has 0 heterocycles. The number of carbonyl (C=O) groups excluding carboxylic acids is 2. The van der Waals surface area contributed by atoms with E-state index < -0.39 is 0 Å². The molecule has 0 aromatic heterocycles. The van der Waals surface area contributed by atoms with E-state index in [1.54, 1.807) is 0 Å². The second-order valence-corrected chi connectivity index (χ2v) is 7.84. The van der Waals surface area contributed by atoms with Gasteiger partial charge in [0.1, 0.15) is 5.75 Å². The van der Waals surface area contributed by atoms with Gasteiger partial charge >= 0.3 is 0 Å². The predicted molar refractivity (Wildman–Crippen MR) is 101 cm³/mol. The number of hydrogen-bond donors (Lipinski definition) is 2. The van der Waals surface area contributed by atoms with Gasteiger partial charge in [-0.1, -0.05) is 52.3 Å². The van der Waals surface area contributed by atoms with Crippen LogP contribution in [0.25, 0.3) is 0 Å². The van der Waals surface area contributed by atoms with Crippen LogP contribution in [-0.2, 0) is 15.0 Å². The summed E-state index contributed by atoms with van der Waals surface area (Å²) < 4.78 is 5.71. The molecule has 0 saturated heterocycles. The van der Waals surface area contributed by atoms with Crippen LogP contribution in [0.2, 0.25) is 0 Å². The Labute approximate surface area is 151 Å². The molecule has 140 valence electrons. The van der Waals surface area contributed by atoms with Crippen LogP contribution in [0.4, 0.5) is 0 Å². The Morgan fingerprint density at radius 1 is 1.08 bits per heavy atom. The molecule has 2 amide bonds. The molecule has 0 saturated carbocycles. The van der Waals surface area contributed by atoms with E-state index in [2.05, 4.69) is 37.5 Å². The number of nitrogens with one attached hydrogen (secondary N) is 2.